The third kappa shape index (κ3) is 6.87. The number of para-hydroxylation sites is 1. The van der Waals surface area contributed by atoms with Gasteiger partial charge < -0.3 is 4.90 Å². The molecule has 0 radical (unpaired) electrons. The Morgan fingerprint density at radius 3 is 2.22 bits per heavy atom. The molecule has 64 heavy (non-hydrogen) atoms. The molecule has 0 saturated carbocycles. The van der Waals surface area contributed by atoms with Gasteiger partial charge in [-0.25, -0.2) is 9.98 Å². The minimum absolute atomic E-state index is 0.0221. The molecule has 4 unspecified atom stereocenters. The Balaban J connectivity index is 1.09. The molecule has 312 valence electrons. The van der Waals surface area contributed by atoms with Gasteiger partial charge in [0.1, 0.15) is 0 Å². The van der Waals surface area contributed by atoms with Crippen molar-refractivity contribution in [3.63, 3.8) is 0 Å². The number of hydrogen-bond acceptors (Lipinski definition) is 4. The van der Waals surface area contributed by atoms with Crippen LogP contribution in [0.25, 0.3) is 38.0 Å². The second-order valence-corrected chi connectivity index (χ2v) is 19.3. The molecule has 2 aliphatic heterocycles. The normalized spacial score (nSPS) is 21.3. The van der Waals surface area contributed by atoms with E-state index in [2.05, 4.69) is 194 Å². The lowest BCUT2D eigenvalue weighted by Crippen LogP contribution is -2.34. The van der Waals surface area contributed by atoms with Gasteiger partial charge >= 0.3 is 0 Å². The smallest absolute Gasteiger partial charge is 0.156 e. The molecule has 0 amide bonds. The Labute approximate surface area is 381 Å². The van der Waals surface area contributed by atoms with E-state index in [-0.39, 0.29) is 17.9 Å². The highest BCUT2D eigenvalue weighted by molar-refractivity contribution is 7.19. The Hall–Kier alpha value is -6.62. The van der Waals surface area contributed by atoms with Crippen molar-refractivity contribution in [3.05, 3.63) is 220 Å². The number of amidine groups is 1. The van der Waals surface area contributed by atoms with Crippen LogP contribution in [-0.2, 0) is 6.42 Å². The van der Waals surface area contributed by atoms with E-state index in [9.17, 15) is 0 Å². The molecule has 4 heteroatoms. The van der Waals surface area contributed by atoms with Gasteiger partial charge in [-0.05, 0) is 143 Å². The first-order chi connectivity index (χ1) is 31.7. The summed E-state index contributed by atoms with van der Waals surface area (Å²) in [7, 11) is 0. The van der Waals surface area contributed by atoms with Crippen LogP contribution in [0.15, 0.2) is 198 Å². The highest BCUT2D eigenvalue weighted by Crippen LogP contribution is 2.57. The van der Waals surface area contributed by atoms with Crippen molar-refractivity contribution in [1.29, 1.82) is 0 Å². The maximum atomic E-state index is 5.72. The van der Waals surface area contributed by atoms with Gasteiger partial charge in [-0.3, -0.25) is 0 Å². The number of rotatable bonds is 7. The van der Waals surface area contributed by atoms with Crippen LogP contribution in [0.2, 0.25) is 0 Å². The first-order valence-electron chi connectivity index (χ1n) is 23.3. The summed E-state index contributed by atoms with van der Waals surface area (Å²) in [6, 6.07) is 54.8. The van der Waals surface area contributed by atoms with Crippen LogP contribution in [0.5, 0.6) is 0 Å². The molecule has 3 nitrogen and oxygen atoms in total. The highest BCUT2D eigenvalue weighted by Gasteiger charge is 2.45. The molecule has 0 fully saturated rings. The van der Waals surface area contributed by atoms with Gasteiger partial charge in [0.05, 0.1) is 17.1 Å². The number of aliphatic imine (C=N–C) groups is 2. The van der Waals surface area contributed by atoms with Crippen molar-refractivity contribution < 1.29 is 0 Å². The SMILES string of the molecule is CC1C=C(c2cc(-c3cc(-c4ccccc4)ccc3C3CC=CCC3)ccc2N2c3ccccc3C3c4c(sc5ccccc45)CCC32)N=C(C2=CC=CCC2)N=C1c1ccccc1. The fourth-order valence-corrected chi connectivity index (χ4v) is 12.5. The summed E-state index contributed by atoms with van der Waals surface area (Å²) in [4.78, 5) is 15.5. The zero-order valence-electron chi connectivity index (χ0n) is 36.3. The lowest BCUT2D eigenvalue weighted by molar-refractivity contribution is 0.546. The van der Waals surface area contributed by atoms with Crippen LogP contribution in [0, 0.1) is 5.92 Å². The molecule has 0 spiro atoms. The van der Waals surface area contributed by atoms with E-state index < -0.39 is 0 Å². The number of thiophene rings is 1. The van der Waals surface area contributed by atoms with Crippen molar-refractivity contribution in [2.75, 3.05) is 4.90 Å². The average Bonchev–Trinajstić information content (AvgIpc) is 3.85. The van der Waals surface area contributed by atoms with Crippen molar-refractivity contribution in [2.45, 2.75) is 69.7 Å². The number of anilines is 2. The van der Waals surface area contributed by atoms with Gasteiger partial charge in [0, 0.05) is 38.7 Å². The van der Waals surface area contributed by atoms with E-state index >= 15 is 0 Å². The van der Waals surface area contributed by atoms with Gasteiger partial charge in [-0.15, -0.1) is 11.3 Å². The predicted octanol–water partition coefficient (Wildman–Crippen LogP) is 15.8. The molecule has 3 heterocycles. The van der Waals surface area contributed by atoms with Gasteiger partial charge in [-0.2, -0.15) is 0 Å². The quantitative estimate of drug-likeness (QED) is 0.147. The van der Waals surface area contributed by atoms with Crippen molar-refractivity contribution >= 4 is 50.0 Å². The molecule has 5 aliphatic rings. The fraction of sp³-hybridized carbons (Fsp3) is 0.200. The van der Waals surface area contributed by atoms with Crippen molar-refractivity contribution in [1.82, 2.24) is 0 Å². The number of hydrogen-bond donors (Lipinski definition) is 0. The van der Waals surface area contributed by atoms with E-state index in [0.717, 1.165) is 73.3 Å². The molecule has 0 bridgehead atoms. The van der Waals surface area contributed by atoms with Crippen LogP contribution in [-0.4, -0.2) is 17.6 Å². The lowest BCUT2D eigenvalue weighted by atomic mass is 9.79. The zero-order valence-corrected chi connectivity index (χ0v) is 37.1. The summed E-state index contributed by atoms with van der Waals surface area (Å²) in [6.07, 6.45) is 21.2. The standard InChI is InChI=1S/C60H51N3S/c1-39-36-51(61-60(43-24-12-5-13-25-43)62-59(39)42-22-10-4-11-23-42)50-38-45(49-37-44(40-18-6-2-7-19-40)30-32-46(49)41-20-8-3-9-21-41)31-33-53(50)63-52-28-16-14-26-47(52)57-54(63)34-35-56-58(57)48-27-15-17-29-55(48)64-56/h2-8,10-12,14-19,22-24,26-33,36-39,41,54,57H,9,13,20-21,25,34-35H2,1H3. The Bertz CT molecular complexity index is 3120. The summed E-state index contributed by atoms with van der Waals surface area (Å²) >= 11 is 2.00. The summed E-state index contributed by atoms with van der Waals surface area (Å²) in [5.41, 5.74) is 17.5. The minimum atomic E-state index is 0.0221. The Morgan fingerprint density at radius 2 is 1.39 bits per heavy atom. The third-order valence-corrected chi connectivity index (χ3v) is 15.6. The van der Waals surface area contributed by atoms with Gasteiger partial charge in [-0.1, -0.05) is 153 Å². The average molecular weight is 846 g/mol. The molecular weight excluding hydrogens is 795 g/mol. The van der Waals surface area contributed by atoms with Crippen LogP contribution in [0.4, 0.5) is 11.4 Å². The molecule has 7 aromatic rings. The maximum Gasteiger partial charge on any atom is 0.156 e. The van der Waals surface area contributed by atoms with Crippen LogP contribution >= 0.6 is 11.3 Å². The first-order valence-corrected chi connectivity index (χ1v) is 24.2. The van der Waals surface area contributed by atoms with E-state index in [1.165, 1.54) is 66.0 Å². The summed E-state index contributed by atoms with van der Waals surface area (Å²) in [5.74, 6) is 1.59. The Kier molecular flexibility index (Phi) is 10.1. The number of benzene rings is 6. The molecule has 12 rings (SSSR count). The molecule has 3 aliphatic carbocycles. The van der Waals surface area contributed by atoms with Crippen molar-refractivity contribution in [2.24, 2.45) is 15.9 Å². The lowest BCUT2D eigenvalue weighted by Gasteiger charge is -2.35. The van der Waals surface area contributed by atoms with Gasteiger partial charge in [0.2, 0.25) is 0 Å². The zero-order chi connectivity index (χ0) is 42.6. The van der Waals surface area contributed by atoms with E-state index in [1.54, 1.807) is 4.88 Å². The minimum Gasteiger partial charge on any atom is -0.337 e. The van der Waals surface area contributed by atoms with Crippen LogP contribution < -0.4 is 4.90 Å². The number of aryl methyl sites for hydroxylation is 1. The molecule has 6 aromatic carbocycles. The molecule has 0 saturated heterocycles. The van der Waals surface area contributed by atoms with E-state index in [4.69, 9.17) is 9.98 Å². The van der Waals surface area contributed by atoms with Gasteiger partial charge in [0.25, 0.3) is 0 Å². The molecule has 4 atom stereocenters. The summed E-state index contributed by atoms with van der Waals surface area (Å²) in [6.45, 7) is 2.30. The topological polar surface area (TPSA) is 28.0 Å². The molecular formula is C60H51N3S. The van der Waals surface area contributed by atoms with Crippen molar-refractivity contribution in [3.8, 4) is 22.3 Å². The predicted molar refractivity (Wildman–Crippen MR) is 271 cm³/mol. The first kappa shape index (κ1) is 39.0. The van der Waals surface area contributed by atoms with E-state index in [0.29, 0.717) is 5.92 Å². The highest BCUT2D eigenvalue weighted by atomic mass is 32.1. The van der Waals surface area contributed by atoms with Crippen LogP contribution in [0.3, 0.4) is 0 Å². The molecule has 0 N–H and O–H groups in total. The fourth-order valence-electron chi connectivity index (χ4n) is 11.3. The van der Waals surface area contributed by atoms with Gasteiger partial charge in [0.15, 0.2) is 5.84 Å². The molecule has 1 aromatic heterocycles. The number of nitrogens with zero attached hydrogens (tertiary/aromatic N) is 3. The Morgan fingerprint density at radius 1 is 0.609 bits per heavy atom. The number of fused-ring (bicyclic) bond motifs is 7. The second kappa shape index (κ2) is 16.5. The second-order valence-electron chi connectivity index (χ2n) is 18.1. The van der Waals surface area contributed by atoms with Crippen LogP contribution in [0.1, 0.15) is 90.0 Å². The maximum absolute atomic E-state index is 5.72. The monoisotopic (exact) mass is 845 g/mol. The largest absolute Gasteiger partial charge is 0.337 e. The summed E-state index contributed by atoms with van der Waals surface area (Å²) < 4.78 is 1.40. The summed E-state index contributed by atoms with van der Waals surface area (Å²) in [5, 5.41) is 1.42. The van der Waals surface area contributed by atoms with E-state index in [1.807, 2.05) is 11.3 Å². The number of allylic oxidation sites excluding steroid dienone is 6. The third-order valence-electron chi connectivity index (χ3n) is 14.3.